The summed E-state index contributed by atoms with van der Waals surface area (Å²) in [6.07, 6.45) is 1.40. The Morgan fingerprint density at radius 2 is 1.77 bits per heavy atom. The fourth-order valence-corrected chi connectivity index (χ4v) is 2.68. The van der Waals surface area contributed by atoms with Crippen molar-refractivity contribution in [2.24, 2.45) is 0 Å². The third kappa shape index (κ3) is 4.06. The Morgan fingerprint density at radius 1 is 1.00 bits per heavy atom. The lowest BCUT2D eigenvalue weighted by Crippen LogP contribution is -2.16. The molecule has 2 aromatic carbocycles. The average molecular weight is 346 g/mol. The molecule has 26 heavy (non-hydrogen) atoms. The van der Waals surface area contributed by atoms with Crippen LogP contribution >= 0.6 is 0 Å². The Morgan fingerprint density at radius 3 is 2.54 bits per heavy atom. The highest BCUT2D eigenvalue weighted by Crippen LogP contribution is 2.20. The Kier molecular flexibility index (Phi) is 5.27. The summed E-state index contributed by atoms with van der Waals surface area (Å²) in [7, 11) is 0. The molecule has 0 aliphatic heterocycles. The third-order valence-corrected chi connectivity index (χ3v) is 4.42. The number of hydrogen-bond donors (Lipinski definition) is 2. The van der Waals surface area contributed by atoms with Gasteiger partial charge >= 0.3 is 0 Å². The zero-order chi connectivity index (χ0) is 18.5. The summed E-state index contributed by atoms with van der Waals surface area (Å²) in [6.45, 7) is 6.05. The number of carbonyl (C=O) groups is 1. The second-order valence-corrected chi connectivity index (χ2v) is 6.27. The molecule has 2 N–H and O–H groups in total. The molecule has 3 aromatic rings. The Balaban J connectivity index is 1.74. The zero-order valence-corrected chi connectivity index (χ0v) is 15.2. The molecule has 132 valence electrons. The highest BCUT2D eigenvalue weighted by molar-refractivity contribution is 6.03. The third-order valence-electron chi connectivity index (χ3n) is 4.42. The van der Waals surface area contributed by atoms with Crippen molar-refractivity contribution >= 4 is 17.4 Å². The van der Waals surface area contributed by atoms with E-state index in [9.17, 15) is 4.79 Å². The summed E-state index contributed by atoms with van der Waals surface area (Å²) < 4.78 is 0. The van der Waals surface area contributed by atoms with E-state index in [-0.39, 0.29) is 11.9 Å². The molecule has 1 unspecified atom stereocenters. The number of anilines is 2. The maximum absolute atomic E-state index is 12.6. The fourth-order valence-electron chi connectivity index (χ4n) is 2.68. The van der Waals surface area contributed by atoms with Crippen LogP contribution < -0.4 is 10.6 Å². The molecular formula is C21H22N4O. The molecule has 1 amide bonds. The van der Waals surface area contributed by atoms with Gasteiger partial charge in [-0.1, -0.05) is 42.5 Å². The van der Waals surface area contributed by atoms with E-state index >= 15 is 0 Å². The molecule has 0 radical (unpaired) electrons. The highest BCUT2D eigenvalue weighted by atomic mass is 16.1. The molecular weight excluding hydrogens is 324 g/mol. The minimum absolute atomic E-state index is 0.0704. The number of nitrogens with zero attached hydrogens (tertiary/aromatic N) is 2. The first-order valence-corrected chi connectivity index (χ1v) is 8.55. The standard InChI is InChI=1S/C21H22N4O/c1-14-8-7-11-18(15(14)2)25-21(26)19-12-20(23-13-22-19)24-16(3)17-9-5-4-6-10-17/h4-13,16H,1-3H3,(H,25,26)(H,22,23,24). The first-order chi connectivity index (χ1) is 12.5. The first-order valence-electron chi connectivity index (χ1n) is 8.55. The lowest BCUT2D eigenvalue weighted by molar-refractivity contribution is 0.102. The molecule has 0 spiro atoms. The maximum Gasteiger partial charge on any atom is 0.274 e. The fraction of sp³-hybridized carbons (Fsp3) is 0.190. The number of aryl methyl sites for hydroxylation is 1. The number of aromatic nitrogens is 2. The van der Waals surface area contributed by atoms with Crippen molar-refractivity contribution in [3.8, 4) is 0 Å². The van der Waals surface area contributed by atoms with Gasteiger partial charge in [0.15, 0.2) is 0 Å². The molecule has 0 aliphatic rings. The number of rotatable bonds is 5. The molecule has 0 saturated heterocycles. The van der Waals surface area contributed by atoms with Crippen LogP contribution in [0.25, 0.3) is 0 Å². The summed E-state index contributed by atoms with van der Waals surface area (Å²) >= 11 is 0. The Hall–Kier alpha value is -3.21. The average Bonchev–Trinajstić information content (AvgIpc) is 2.66. The summed E-state index contributed by atoms with van der Waals surface area (Å²) in [5.41, 5.74) is 4.44. The summed E-state index contributed by atoms with van der Waals surface area (Å²) in [5.74, 6) is 0.360. The monoisotopic (exact) mass is 346 g/mol. The molecule has 5 nitrogen and oxygen atoms in total. The summed E-state index contributed by atoms with van der Waals surface area (Å²) in [4.78, 5) is 20.9. The maximum atomic E-state index is 12.6. The van der Waals surface area contributed by atoms with E-state index in [0.29, 0.717) is 11.5 Å². The Labute approximate surface area is 153 Å². The van der Waals surface area contributed by atoms with Crippen LogP contribution in [0.4, 0.5) is 11.5 Å². The van der Waals surface area contributed by atoms with E-state index in [0.717, 1.165) is 22.4 Å². The Bertz CT molecular complexity index is 909. The van der Waals surface area contributed by atoms with E-state index in [2.05, 4.69) is 20.6 Å². The van der Waals surface area contributed by atoms with Gasteiger partial charge in [0.05, 0.1) is 0 Å². The van der Waals surface area contributed by atoms with Crippen LogP contribution in [0.15, 0.2) is 60.9 Å². The van der Waals surface area contributed by atoms with E-state index in [1.54, 1.807) is 6.07 Å². The van der Waals surface area contributed by atoms with Crippen molar-refractivity contribution in [2.75, 3.05) is 10.6 Å². The lowest BCUT2D eigenvalue weighted by Gasteiger charge is -2.15. The van der Waals surface area contributed by atoms with Gasteiger partial charge in [-0.05, 0) is 43.5 Å². The predicted molar refractivity (Wildman–Crippen MR) is 104 cm³/mol. The van der Waals surface area contributed by atoms with Crippen LogP contribution in [0.2, 0.25) is 0 Å². The number of carbonyl (C=O) groups excluding carboxylic acids is 1. The van der Waals surface area contributed by atoms with Crippen molar-refractivity contribution in [2.45, 2.75) is 26.8 Å². The molecule has 3 rings (SSSR count). The molecule has 0 aliphatic carbocycles. The first kappa shape index (κ1) is 17.6. The topological polar surface area (TPSA) is 66.9 Å². The predicted octanol–water partition coefficient (Wildman–Crippen LogP) is 4.52. The summed E-state index contributed by atoms with van der Waals surface area (Å²) in [5, 5.41) is 6.23. The minimum Gasteiger partial charge on any atom is -0.363 e. The normalized spacial score (nSPS) is 11.7. The number of nitrogens with one attached hydrogen (secondary N) is 2. The second kappa shape index (κ2) is 7.78. The lowest BCUT2D eigenvalue weighted by atomic mass is 10.1. The number of hydrogen-bond acceptors (Lipinski definition) is 4. The van der Waals surface area contributed by atoms with Gasteiger partial charge in [-0.15, -0.1) is 0 Å². The largest absolute Gasteiger partial charge is 0.363 e. The zero-order valence-electron chi connectivity index (χ0n) is 15.2. The molecule has 0 saturated carbocycles. The molecule has 0 fully saturated rings. The van der Waals surface area contributed by atoms with Crippen LogP contribution in [-0.2, 0) is 0 Å². The van der Waals surface area contributed by atoms with Crippen molar-refractivity contribution in [1.82, 2.24) is 9.97 Å². The van der Waals surface area contributed by atoms with Crippen molar-refractivity contribution in [3.63, 3.8) is 0 Å². The second-order valence-electron chi connectivity index (χ2n) is 6.27. The quantitative estimate of drug-likeness (QED) is 0.713. The van der Waals surface area contributed by atoms with Gasteiger partial charge in [0.2, 0.25) is 0 Å². The summed E-state index contributed by atoms with van der Waals surface area (Å²) in [6, 6.07) is 17.6. The minimum atomic E-state index is -0.253. The molecule has 0 bridgehead atoms. The van der Waals surface area contributed by atoms with Gasteiger partial charge in [0, 0.05) is 17.8 Å². The SMILES string of the molecule is Cc1cccc(NC(=O)c2cc(NC(C)c3ccccc3)ncn2)c1C. The van der Waals surface area contributed by atoms with Crippen LogP contribution in [0.5, 0.6) is 0 Å². The highest BCUT2D eigenvalue weighted by Gasteiger charge is 2.12. The van der Waals surface area contributed by atoms with Gasteiger partial charge in [-0.2, -0.15) is 0 Å². The van der Waals surface area contributed by atoms with Crippen LogP contribution in [-0.4, -0.2) is 15.9 Å². The van der Waals surface area contributed by atoms with E-state index < -0.39 is 0 Å². The van der Waals surface area contributed by atoms with Crippen molar-refractivity contribution in [1.29, 1.82) is 0 Å². The molecule has 1 aromatic heterocycles. The van der Waals surface area contributed by atoms with Crippen LogP contribution in [0.1, 0.15) is 40.1 Å². The van der Waals surface area contributed by atoms with Gasteiger partial charge in [-0.3, -0.25) is 4.79 Å². The van der Waals surface area contributed by atoms with Crippen LogP contribution in [0.3, 0.4) is 0 Å². The van der Waals surface area contributed by atoms with Gasteiger partial charge in [-0.25, -0.2) is 9.97 Å². The van der Waals surface area contributed by atoms with E-state index in [4.69, 9.17) is 0 Å². The smallest absolute Gasteiger partial charge is 0.274 e. The molecule has 5 heteroatoms. The number of benzene rings is 2. The molecule has 1 atom stereocenters. The van der Waals surface area contributed by atoms with Crippen molar-refractivity contribution in [3.05, 3.63) is 83.3 Å². The van der Waals surface area contributed by atoms with Crippen LogP contribution in [0, 0.1) is 13.8 Å². The molecule has 1 heterocycles. The van der Waals surface area contributed by atoms with Gasteiger partial charge in [0.1, 0.15) is 17.8 Å². The van der Waals surface area contributed by atoms with Gasteiger partial charge in [0.25, 0.3) is 5.91 Å². The van der Waals surface area contributed by atoms with Gasteiger partial charge < -0.3 is 10.6 Å². The van der Waals surface area contributed by atoms with E-state index in [1.165, 1.54) is 6.33 Å². The van der Waals surface area contributed by atoms with E-state index in [1.807, 2.05) is 69.3 Å². The number of amides is 1. The van der Waals surface area contributed by atoms with Crippen molar-refractivity contribution < 1.29 is 4.79 Å².